The van der Waals surface area contributed by atoms with Crippen LogP contribution in [0.3, 0.4) is 0 Å². The van der Waals surface area contributed by atoms with E-state index < -0.39 is 0 Å². The number of hydrogen-bond donors (Lipinski definition) is 1. The zero-order chi connectivity index (χ0) is 11.1. The highest BCUT2D eigenvalue weighted by atomic mass is 16.5. The normalized spacial score (nSPS) is 15.3. The first-order valence-corrected chi connectivity index (χ1v) is 5.49. The lowest BCUT2D eigenvalue weighted by molar-refractivity contribution is 0.108. The molecule has 1 N–H and O–H groups in total. The summed E-state index contributed by atoms with van der Waals surface area (Å²) in [6.07, 6.45) is 1.59. The number of aryl methyl sites for hydroxylation is 1. The smallest absolute Gasteiger partial charge is 0.278 e. The van der Waals surface area contributed by atoms with Crippen molar-refractivity contribution in [2.75, 3.05) is 6.61 Å². The Hall–Kier alpha value is -1.62. The molecule has 0 saturated carbocycles. The summed E-state index contributed by atoms with van der Waals surface area (Å²) in [6, 6.07) is 1.93. The average molecular weight is 219 g/mol. The first-order chi connectivity index (χ1) is 7.79. The minimum Gasteiger partial charge on any atom is -0.376 e. The van der Waals surface area contributed by atoms with Gasteiger partial charge in [-0.1, -0.05) is 6.92 Å². The largest absolute Gasteiger partial charge is 0.376 e. The van der Waals surface area contributed by atoms with Crippen molar-refractivity contribution in [3.63, 3.8) is 0 Å². The molecule has 0 aromatic carbocycles. The predicted octanol–water partition coefficient (Wildman–Crippen LogP) is 0.658. The van der Waals surface area contributed by atoms with Gasteiger partial charge in [0.2, 0.25) is 0 Å². The van der Waals surface area contributed by atoms with Crippen molar-refractivity contribution in [2.24, 2.45) is 0 Å². The van der Waals surface area contributed by atoms with Gasteiger partial charge in [-0.25, -0.2) is 9.50 Å². The molecule has 3 heterocycles. The van der Waals surface area contributed by atoms with Gasteiger partial charge in [0.25, 0.3) is 5.56 Å². The van der Waals surface area contributed by atoms with Crippen LogP contribution in [0.1, 0.15) is 23.9 Å². The first-order valence-electron chi connectivity index (χ1n) is 5.49. The summed E-state index contributed by atoms with van der Waals surface area (Å²) in [7, 11) is 0. The molecule has 0 unspecified atom stereocenters. The van der Waals surface area contributed by atoms with Crippen LogP contribution in [0, 0.1) is 0 Å². The van der Waals surface area contributed by atoms with Crippen LogP contribution >= 0.6 is 0 Å². The minimum atomic E-state index is -0.0283. The van der Waals surface area contributed by atoms with Crippen molar-refractivity contribution in [1.82, 2.24) is 14.6 Å². The van der Waals surface area contributed by atoms with Crippen molar-refractivity contribution in [3.8, 4) is 0 Å². The predicted molar refractivity (Wildman–Crippen MR) is 58.6 cm³/mol. The Balaban J connectivity index is 2.32. The molecule has 0 saturated heterocycles. The fraction of sp³-hybridized carbons (Fsp3) is 0.455. The maximum Gasteiger partial charge on any atom is 0.278 e. The number of ether oxygens (including phenoxy) is 1. The molecule has 0 radical (unpaired) electrons. The van der Waals surface area contributed by atoms with E-state index in [1.807, 2.05) is 13.0 Å². The molecule has 3 rings (SSSR count). The van der Waals surface area contributed by atoms with Gasteiger partial charge in [-0.05, 0) is 6.42 Å². The fourth-order valence-corrected chi connectivity index (χ4v) is 2.03. The molecule has 1 aliphatic heterocycles. The molecular formula is C11H13N3O2. The second-order valence-corrected chi connectivity index (χ2v) is 3.97. The summed E-state index contributed by atoms with van der Waals surface area (Å²) in [5.74, 6) is 0. The molecule has 5 heteroatoms. The summed E-state index contributed by atoms with van der Waals surface area (Å²) in [5, 5.41) is 3.05. The molecule has 0 atom stereocenters. The van der Waals surface area contributed by atoms with Crippen LogP contribution in [-0.2, 0) is 24.2 Å². The highest BCUT2D eigenvalue weighted by molar-refractivity contribution is 5.42. The van der Waals surface area contributed by atoms with E-state index in [0.29, 0.717) is 24.4 Å². The molecule has 2 aromatic rings. The van der Waals surface area contributed by atoms with Crippen LogP contribution in [0.5, 0.6) is 0 Å². The van der Waals surface area contributed by atoms with Gasteiger partial charge in [0.1, 0.15) is 0 Å². The van der Waals surface area contributed by atoms with E-state index in [9.17, 15) is 4.79 Å². The zero-order valence-electron chi connectivity index (χ0n) is 9.12. The Kier molecular flexibility index (Phi) is 2.07. The molecule has 1 aliphatic rings. The molecule has 16 heavy (non-hydrogen) atoms. The van der Waals surface area contributed by atoms with Crippen LogP contribution in [0.15, 0.2) is 10.9 Å². The van der Waals surface area contributed by atoms with Crippen molar-refractivity contribution in [2.45, 2.75) is 26.4 Å². The van der Waals surface area contributed by atoms with Gasteiger partial charge in [0.05, 0.1) is 24.5 Å². The second kappa shape index (κ2) is 3.45. The van der Waals surface area contributed by atoms with Gasteiger partial charge in [-0.3, -0.25) is 9.89 Å². The second-order valence-electron chi connectivity index (χ2n) is 3.97. The van der Waals surface area contributed by atoms with E-state index in [1.165, 1.54) is 4.52 Å². The Labute approximate surface area is 92.1 Å². The standard InChI is InChI=1S/C11H13N3O2/c1-2-7-5-10-12-9-3-4-16-6-8(9)11(15)14(10)13-7/h5,13H,2-4,6H2,1H3. The summed E-state index contributed by atoms with van der Waals surface area (Å²) in [6.45, 7) is 3.07. The number of hydrogen-bond acceptors (Lipinski definition) is 3. The minimum absolute atomic E-state index is 0.0283. The number of nitrogens with one attached hydrogen (secondary N) is 1. The summed E-state index contributed by atoms with van der Waals surface area (Å²) >= 11 is 0. The summed E-state index contributed by atoms with van der Waals surface area (Å²) in [4.78, 5) is 16.6. The SMILES string of the molecule is CCc1cc2nc3c(c(=O)n2[nH]1)COCC3. The Bertz CT molecular complexity index is 597. The van der Waals surface area contributed by atoms with Crippen LogP contribution in [0.2, 0.25) is 0 Å². The molecular weight excluding hydrogens is 206 g/mol. The van der Waals surface area contributed by atoms with Gasteiger partial charge in [-0.15, -0.1) is 0 Å². The van der Waals surface area contributed by atoms with Crippen LogP contribution in [-0.4, -0.2) is 21.2 Å². The van der Waals surface area contributed by atoms with Crippen molar-refractivity contribution in [1.29, 1.82) is 0 Å². The van der Waals surface area contributed by atoms with Gasteiger partial charge in [0.15, 0.2) is 5.65 Å². The van der Waals surface area contributed by atoms with E-state index in [-0.39, 0.29) is 5.56 Å². The Morgan fingerprint density at radius 1 is 1.62 bits per heavy atom. The third kappa shape index (κ3) is 1.28. The van der Waals surface area contributed by atoms with Crippen LogP contribution in [0.4, 0.5) is 0 Å². The lowest BCUT2D eigenvalue weighted by Gasteiger charge is -2.14. The van der Waals surface area contributed by atoms with Crippen LogP contribution in [0.25, 0.3) is 5.65 Å². The fourth-order valence-electron chi connectivity index (χ4n) is 2.03. The lowest BCUT2D eigenvalue weighted by atomic mass is 10.1. The number of rotatable bonds is 1. The third-order valence-corrected chi connectivity index (χ3v) is 2.96. The number of aromatic nitrogens is 3. The monoisotopic (exact) mass is 219 g/mol. The van der Waals surface area contributed by atoms with Gasteiger partial charge in [0, 0.05) is 18.2 Å². The molecule has 0 amide bonds. The average Bonchev–Trinajstić information content (AvgIpc) is 2.73. The van der Waals surface area contributed by atoms with Crippen molar-refractivity contribution in [3.05, 3.63) is 33.4 Å². The molecule has 5 nitrogen and oxygen atoms in total. The van der Waals surface area contributed by atoms with E-state index in [1.54, 1.807) is 0 Å². The van der Waals surface area contributed by atoms with Crippen LogP contribution < -0.4 is 5.56 Å². The quantitative estimate of drug-likeness (QED) is 0.766. The number of aromatic amines is 1. The number of H-pyrrole nitrogens is 1. The Morgan fingerprint density at radius 2 is 2.50 bits per heavy atom. The number of fused-ring (bicyclic) bond motifs is 2. The van der Waals surface area contributed by atoms with Crippen molar-refractivity contribution >= 4 is 5.65 Å². The van der Waals surface area contributed by atoms with Gasteiger partial charge in [-0.2, -0.15) is 0 Å². The van der Waals surface area contributed by atoms with Crippen molar-refractivity contribution < 1.29 is 4.74 Å². The third-order valence-electron chi connectivity index (χ3n) is 2.96. The first kappa shape index (κ1) is 9.59. The molecule has 2 aromatic heterocycles. The zero-order valence-corrected chi connectivity index (χ0v) is 9.12. The highest BCUT2D eigenvalue weighted by Crippen LogP contribution is 2.12. The molecule has 0 spiro atoms. The van der Waals surface area contributed by atoms with E-state index in [0.717, 1.165) is 24.2 Å². The van der Waals surface area contributed by atoms with E-state index in [4.69, 9.17) is 4.74 Å². The summed E-state index contributed by atoms with van der Waals surface area (Å²) in [5.41, 5.74) is 3.28. The molecule has 0 aliphatic carbocycles. The molecule has 0 fully saturated rings. The summed E-state index contributed by atoms with van der Waals surface area (Å²) < 4.78 is 6.80. The maximum atomic E-state index is 12.1. The molecule has 84 valence electrons. The Morgan fingerprint density at radius 3 is 3.31 bits per heavy atom. The lowest BCUT2D eigenvalue weighted by Crippen LogP contribution is -2.27. The number of nitrogens with zero attached hydrogens (tertiary/aromatic N) is 2. The molecule has 0 bridgehead atoms. The maximum absolute atomic E-state index is 12.1. The van der Waals surface area contributed by atoms with Gasteiger partial charge >= 0.3 is 0 Å². The highest BCUT2D eigenvalue weighted by Gasteiger charge is 2.17. The topological polar surface area (TPSA) is 59.4 Å². The van der Waals surface area contributed by atoms with Gasteiger partial charge < -0.3 is 4.74 Å². The van der Waals surface area contributed by atoms with E-state index in [2.05, 4.69) is 10.1 Å². The van der Waals surface area contributed by atoms with E-state index >= 15 is 0 Å².